The second-order valence-corrected chi connectivity index (χ2v) is 7.04. The molecule has 2 aromatic carbocycles. The molecule has 0 N–H and O–H groups in total. The smallest absolute Gasteiger partial charge is 0.254 e. The standard InChI is InChI=1S/C21H23ClFNO3/c1-3-10-27-20-18(22)11-15(12-19(20)26-2)21(25)24(17-8-9-17)13-14-4-6-16(23)7-5-14/h4-7,11-12,17H,3,8-10,13H2,1-2H3. The zero-order valence-electron chi connectivity index (χ0n) is 15.5. The van der Waals surface area contributed by atoms with Crippen LogP contribution in [0.2, 0.25) is 5.02 Å². The first-order valence-corrected chi connectivity index (χ1v) is 9.47. The van der Waals surface area contributed by atoms with Crippen molar-refractivity contribution in [2.24, 2.45) is 0 Å². The summed E-state index contributed by atoms with van der Waals surface area (Å²) >= 11 is 6.35. The molecule has 1 amide bonds. The molecule has 0 heterocycles. The number of benzene rings is 2. The van der Waals surface area contributed by atoms with Gasteiger partial charge in [0.15, 0.2) is 11.5 Å². The van der Waals surface area contributed by atoms with E-state index in [0.717, 1.165) is 24.8 Å². The highest BCUT2D eigenvalue weighted by Gasteiger charge is 2.33. The Bertz CT molecular complexity index is 806. The lowest BCUT2D eigenvalue weighted by molar-refractivity contribution is 0.0729. The van der Waals surface area contributed by atoms with Crippen LogP contribution >= 0.6 is 11.6 Å². The molecule has 0 aromatic heterocycles. The van der Waals surface area contributed by atoms with Gasteiger partial charge in [-0.15, -0.1) is 0 Å². The van der Waals surface area contributed by atoms with Crippen LogP contribution in [-0.2, 0) is 6.54 Å². The van der Waals surface area contributed by atoms with Crippen molar-refractivity contribution in [3.8, 4) is 11.5 Å². The van der Waals surface area contributed by atoms with E-state index in [1.165, 1.54) is 19.2 Å². The topological polar surface area (TPSA) is 38.8 Å². The third-order valence-electron chi connectivity index (χ3n) is 4.44. The third kappa shape index (κ3) is 4.72. The summed E-state index contributed by atoms with van der Waals surface area (Å²) < 4.78 is 24.2. The van der Waals surface area contributed by atoms with Crippen molar-refractivity contribution in [2.45, 2.75) is 38.8 Å². The Hall–Kier alpha value is -2.27. The Labute approximate surface area is 163 Å². The summed E-state index contributed by atoms with van der Waals surface area (Å²) in [6, 6.07) is 9.70. The number of methoxy groups -OCH3 is 1. The van der Waals surface area contributed by atoms with Crippen LogP contribution in [-0.4, -0.2) is 30.6 Å². The first-order valence-electron chi connectivity index (χ1n) is 9.09. The number of carbonyl (C=O) groups is 1. The fourth-order valence-electron chi connectivity index (χ4n) is 2.89. The van der Waals surface area contributed by atoms with Crippen LogP contribution in [0.15, 0.2) is 36.4 Å². The summed E-state index contributed by atoms with van der Waals surface area (Å²) in [6.45, 7) is 2.95. The van der Waals surface area contributed by atoms with Crippen LogP contribution < -0.4 is 9.47 Å². The first-order chi connectivity index (χ1) is 13.0. The second-order valence-electron chi connectivity index (χ2n) is 6.63. The minimum atomic E-state index is -0.290. The number of nitrogens with zero attached hydrogens (tertiary/aromatic N) is 1. The summed E-state index contributed by atoms with van der Waals surface area (Å²) in [4.78, 5) is 15.0. The summed E-state index contributed by atoms with van der Waals surface area (Å²) in [5.74, 6) is 0.484. The molecule has 2 aromatic rings. The van der Waals surface area contributed by atoms with Gasteiger partial charge in [-0.1, -0.05) is 30.7 Å². The van der Waals surface area contributed by atoms with Gasteiger partial charge in [0.1, 0.15) is 5.82 Å². The van der Waals surface area contributed by atoms with E-state index in [4.69, 9.17) is 21.1 Å². The monoisotopic (exact) mass is 391 g/mol. The minimum Gasteiger partial charge on any atom is -0.493 e. The maximum atomic E-state index is 13.2. The highest BCUT2D eigenvalue weighted by Crippen LogP contribution is 2.38. The largest absolute Gasteiger partial charge is 0.493 e. The van der Waals surface area contributed by atoms with Gasteiger partial charge in [-0.05, 0) is 49.1 Å². The zero-order chi connectivity index (χ0) is 19.4. The lowest BCUT2D eigenvalue weighted by Gasteiger charge is -2.23. The molecule has 0 spiro atoms. The number of amides is 1. The van der Waals surface area contributed by atoms with Crippen molar-refractivity contribution in [1.82, 2.24) is 4.90 Å². The summed E-state index contributed by atoms with van der Waals surface area (Å²) in [5.41, 5.74) is 1.34. The number of hydrogen-bond acceptors (Lipinski definition) is 3. The van der Waals surface area contributed by atoms with E-state index in [0.29, 0.717) is 35.2 Å². The molecule has 0 unspecified atom stereocenters. The lowest BCUT2D eigenvalue weighted by Crippen LogP contribution is -2.32. The number of ether oxygens (including phenoxy) is 2. The van der Waals surface area contributed by atoms with Crippen molar-refractivity contribution in [2.75, 3.05) is 13.7 Å². The van der Waals surface area contributed by atoms with Gasteiger partial charge in [-0.2, -0.15) is 0 Å². The van der Waals surface area contributed by atoms with Gasteiger partial charge in [-0.3, -0.25) is 4.79 Å². The van der Waals surface area contributed by atoms with Crippen LogP contribution in [0.4, 0.5) is 4.39 Å². The third-order valence-corrected chi connectivity index (χ3v) is 4.72. The van der Waals surface area contributed by atoms with Gasteiger partial charge in [0.25, 0.3) is 5.91 Å². The van der Waals surface area contributed by atoms with Gasteiger partial charge in [0.05, 0.1) is 18.7 Å². The Kier molecular flexibility index (Phi) is 6.22. The zero-order valence-corrected chi connectivity index (χ0v) is 16.3. The van der Waals surface area contributed by atoms with E-state index in [2.05, 4.69) is 0 Å². The molecule has 1 saturated carbocycles. The van der Waals surface area contributed by atoms with Gasteiger partial charge in [-0.25, -0.2) is 4.39 Å². The van der Waals surface area contributed by atoms with Crippen molar-refractivity contribution < 1.29 is 18.7 Å². The van der Waals surface area contributed by atoms with Crippen LogP contribution in [0.3, 0.4) is 0 Å². The van der Waals surface area contributed by atoms with Gasteiger partial charge >= 0.3 is 0 Å². The molecule has 144 valence electrons. The number of halogens is 2. The van der Waals surface area contributed by atoms with E-state index < -0.39 is 0 Å². The molecule has 0 bridgehead atoms. The van der Waals surface area contributed by atoms with E-state index in [1.807, 2.05) is 11.8 Å². The summed E-state index contributed by atoms with van der Waals surface area (Å²) in [6.07, 6.45) is 2.78. The minimum absolute atomic E-state index is 0.121. The fraction of sp³-hybridized carbons (Fsp3) is 0.381. The van der Waals surface area contributed by atoms with E-state index in [9.17, 15) is 9.18 Å². The SMILES string of the molecule is CCCOc1c(Cl)cc(C(=O)N(Cc2ccc(F)cc2)C2CC2)cc1OC. The van der Waals surface area contributed by atoms with Crippen LogP contribution in [0.1, 0.15) is 42.1 Å². The Morgan fingerprint density at radius 1 is 1.26 bits per heavy atom. The molecule has 0 radical (unpaired) electrons. The maximum Gasteiger partial charge on any atom is 0.254 e. The van der Waals surface area contributed by atoms with E-state index >= 15 is 0 Å². The maximum absolute atomic E-state index is 13.2. The first kappa shape index (κ1) is 19.5. The molecule has 1 fully saturated rings. The van der Waals surface area contributed by atoms with Gasteiger partial charge < -0.3 is 14.4 Å². The van der Waals surface area contributed by atoms with Gasteiger partial charge in [0.2, 0.25) is 0 Å². The fourth-order valence-corrected chi connectivity index (χ4v) is 3.16. The summed E-state index contributed by atoms with van der Waals surface area (Å²) in [5, 5.41) is 0.351. The van der Waals surface area contributed by atoms with Crippen LogP contribution in [0, 0.1) is 5.82 Å². The molecular weight excluding hydrogens is 369 g/mol. The molecule has 3 rings (SSSR count). The van der Waals surface area contributed by atoms with Crippen LogP contribution in [0.25, 0.3) is 0 Å². The molecule has 4 nitrogen and oxygen atoms in total. The van der Waals surface area contributed by atoms with E-state index in [1.54, 1.807) is 24.3 Å². The highest BCUT2D eigenvalue weighted by atomic mass is 35.5. The Morgan fingerprint density at radius 3 is 2.56 bits per heavy atom. The van der Waals surface area contributed by atoms with Crippen molar-refractivity contribution in [3.05, 3.63) is 58.4 Å². The van der Waals surface area contributed by atoms with Crippen molar-refractivity contribution in [3.63, 3.8) is 0 Å². The Balaban J connectivity index is 1.85. The number of hydrogen-bond donors (Lipinski definition) is 0. The van der Waals surface area contributed by atoms with Gasteiger partial charge in [0, 0.05) is 18.2 Å². The average Bonchev–Trinajstić information content (AvgIpc) is 3.50. The summed E-state index contributed by atoms with van der Waals surface area (Å²) in [7, 11) is 1.52. The molecule has 27 heavy (non-hydrogen) atoms. The second kappa shape index (κ2) is 8.61. The molecule has 1 aliphatic rings. The van der Waals surface area contributed by atoms with Crippen molar-refractivity contribution in [1.29, 1.82) is 0 Å². The number of carbonyl (C=O) groups excluding carboxylic acids is 1. The molecule has 6 heteroatoms. The quantitative estimate of drug-likeness (QED) is 0.629. The van der Waals surface area contributed by atoms with Crippen LogP contribution in [0.5, 0.6) is 11.5 Å². The molecule has 1 aliphatic carbocycles. The van der Waals surface area contributed by atoms with E-state index in [-0.39, 0.29) is 17.8 Å². The number of rotatable bonds is 8. The molecule has 0 aliphatic heterocycles. The highest BCUT2D eigenvalue weighted by molar-refractivity contribution is 6.32. The predicted molar refractivity (Wildman–Crippen MR) is 103 cm³/mol. The molecular formula is C21H23ClFNO3. The predicted octanol–water partition coefficient (Wildman–Crippen LogP) is 5.08. The average molecular weight is 392 g/mol. The normalized spacial score (nSPS) is 13.3. The Morgan fingerprint density at radius 2 is 1.96 bits per heavy atom. The lowest BCUT2D eigenvalue weighted by atomic mass is 10.1. The molecule has 0 atom stereocenters. The van der Waals surface area contributed by atoms with Crippen molar-refractivity contribution >= 4 is 17.5 Å². The molecule has 0 saturated heterocycles.